The maximum absolute atomic E-state index is 14.0. The second kappa shape index (κ2) is 13.1. The third kappa shape index (κ3) is 6.85. The molecule has 0 aromatic heterocycles. The Kier molecular flexibility index (Phi) is 9.63. The highest BCUT2D eigenvalue weighted by atomic mass is 35.5. The Morgan fingerprint density at radius 1 is 1.05 bits per heavy atom. The molecule has 0 N–H and O–H groups in total. The van der Waals surface area contributed by atoms with Crippen molar-refractivity contribution in [2.24, 2.45) is 0 Å². The van der Waals surface area contributed by atoms with Crippen LogP contribution in [-0.4, -0.2) is 61.5 Å². The number of ether oxygens (including phenoxy) is 1. The molecule has 0 bridgehead atoms. The van der Waals surface area contributed by atoms with Crippen LogP contribution in [0, 0.1) is 11.3 Å². The number of piperidine rings is 1. The molecule has 0 unspecified atom stereocenters. The molecular weight excluding hydrogens is 521 g/mol. The first-order chi connectivity index (χ1) is 18.4. The van der Waals surface area contributed by atoms with Gasteiger partial charge in [-0.2, -0.15) is 5.26 Å². The van der Waals surface area contributed by atoms with Crippen molar-refractivity contribution in [1.29, 1.82) is 5.26 Å². The number of hydrogen-bond acceptors (Lipinski definition) is 5. The molecule has 4 rings (SSSR count). The molecule has 8 heteroatoms. The van der Waals surface area contributed by atoms with Crippen LogP contribution in [-0.2, 0) is 9.53 Å². The van der Waals surface area contributed by atoms with Crippen LogP contribution in [0.15, 0.2) is 54.6 Å². The average molecular weight is 553 g/mol. The van der Waals surface area contributed by atoms with E-state index in [0.717, 1.165) is 42.4 Å². The molecule has 1 aliphatic heterocycles. The summed E-state index contributed by atoms with van der Waals surface area (Å²) in [5.74, 6) is -0.930. The third-order valence-corrected chi connectivity index (χ3v) is 7.89. The van der Waals surface area contributed by atoms with E-state index < -0.39 is 5.97 Å². The standard InChI is InChI=1S/C30H31Cl2N3O3/c1-38-29(36)20-35(30(37)26-16-21(18-33)15-23-7-3-4-8-25(23)26)19-24(11-14-34-12-5-2-6-13-34)22-9-10-27(31)28(32)17-22/h3-4,7-10,15-17,24H,2,5-6,11-14,19-20H2,1H3/t24-/m1/s1. The number of carbonyl (C=O) groups is 2. The van der Waals surface area contributed by atoms with Crippen LogP contribution in [0.3, 0.4) is 0 Å². The van der Waals surface area contributed by atoms with Gasteiger partial charge in [-0.1, -0.05) is 60.0 Å². The van der Waals surface area contributed by atoms with Gasteiger partial charge in [0.1, 0.15) is 6.54 Å². The van der Waals surface area contributed by atoms with Crippen LogP contribution < -0.4 is 0 Å². The molecule has 0 aliphatic carbocycles. The normalized spacial score (nSPS) is 14.6. The number of methoxy groups -OCH3 is 1. The minimum absolute atomic E-state index is 0.0919. The largest absolute Gasteiger partial charge is 0.468 e. The Bertz CT molecular complexity index is 1350. The van der Waals surface area contributed by atoms with Crippen molar-refractivity contribution in [2.45, 2.75) is 31.6 Å². The Morgan fingerprint density at radius 3 is 2.53 bits per heavy atom. The van der Waals surface area contributed by atoms with E-state index in [9.17, 15) is 14.9 Å². The molecule has 1 fully saturated rings. The summed E-state index contributed by atoms with van der Waals surface area (Å²) >= 11 is 12.6. The van der Waals surface area contributed by atoms with E-state index in [1.807, 2.05) is 36.4 Å². The van der Waals surface area contributed by atoms with Crippen LogP contribution in [0.5, 0.6) is 0 Å². The summed E-state index contributed by atoms with van der Waals surface area (Å²) in [6.45, 7) is 3.07. The van der Waals surface area contributed by atoms with Crippen molar-refractivity contribution in [1.82, 2.24) is 9.80 Å². The molecule has 3 aromatic rings. The zero-order valence-electron chi connectivity index (χ0n) is 21.5. The van der Waals surface area contributed by atoms with Crippen LogP contribution in [0.1, 0.15) is 53.1 Å². The van der Waals surface area contributed by atoms with Gasteiger partial charge in [-0.25, -0.2) is 0 Å². The molecule has 1 aliphatic rings. The number of hydrogen-bond donors (Lipinski definition) is 0. The summed E-state index contributed by atoms with van der Waals surface area (Å²) in [5, 5.41) is 12.0. The predicted molar refractivity (Wildman–Crippen MR) is 151 cm³/mol. The fourth-order valence-electron chi connectivity index (χ4n) is 5.08. The summed E-state index contributed by atoms with van der Waals surface area (Å²) < 4.78 is 4.94. The second-order valence-electron chi connectivity index (χ2n) is 9.68. The van der Waals surface area contributed by atoms with E-state index in [-0.39, 0.29) is 24.9 Å². The molecule has 3 aromatic carbocycles. The van der Waals surface area contributed by atoms with Gasteiger partial charge in [0.05, 0.1) is 28.8 Å². The lowest BCUT2D eigenvalue weighted by Crippen LogP contribution is -2.40. The Balaban J connectivity index is 1.69. The van der Waals surface area contributed by atoms with E-state index in [1.165, 1.54) is 31.3 Å². The lowest BCUT2D eigenvalue weighted by Gasteiger charge is -2.31. The van der Waals surface area contributed by atoms with Gasteiger partial charge in [0.25, 0.3) is 5.91 Å². The molecule has 1 heterocycles. The number of amides is 1. The summed E-state index contributed by atoms with van der Waals surface area (Å²) in [7, 11) is 1.31. The molecule has 1 atom stereocenters. The van der Waals surface area contributed by atoms with Crippen LogP contribution in [0.4, 0.5) is 0 Å². The number of benzene rings is 3. The first-order valence-electron chi connectivity index (χ1n) is 12.9. The number of likely N-dealkylation sites (tertiary alicyclic amines) is 1. The van der Waals surface area contributed by atoms with Crippen LogP contribution in [0.2, 0.25) is 10.0 Å². The maximum Gasteiger partial charge on any atom is 0.325 e. The number of nitriles is 1. The molecule has 6 nitrogen and oxygen atoms in total. The smallest absolute Gasteiger partial charge is 0.325 e. The highest BCUT2D eigenvalue weighted by molar-refractivity contribution is 6.42. The fraction of sp³-hybridized carbons (Fsp3) is 0.367. The number of carbonyl (C=O) groups excluding carboxylic acids is 2. The Labute approximate surface area is 233 Å². The van der Waals surface area contributed by atoms with E-state index in [0.29, 0.717) is 21.2 Å². The van der Waals surface area contributed by atoms with Gasteiger partial charge in [-0.05, 0) is 79.5 Å². The fourth-order valence-corrected chi connectivity index (χ4v) is 5.39. The maximum atomic E-state index is 14.0. The average Bonchev–Trinajstić information content (AvgIpc) is 2.95. The van der Waals surface area contributed by atoms with Crippen LogP contribution >= 0.6 is 23.2 Å². The van der Waals surface area contributed by atoms with E-state index >= 15 is 0 Å². The SMILES string of the molecule is COC(=O)CN(C[C@@H](CCN1CCCCC1)c1ccc(Cl)c(Cl)c1)C(=O)c1cc(C#N)cc2ccccc12. The summed E-state index contributed by atoms with van der Waals surface area (Å²) in [4.78, 5) is 30.4. The zero-order valence-corrected chi connectivity index (χ0v) is 23.0. The zero-order chi connectivity index (χ0) is 27.1. The molecule has 0 saturated carbocycles. The van der Waals surface area contributed by atoms with Gasteiger partial charge in [-0.15, -0.1) is 0 Å². The van der Waals surface area contributed by atoms with Gasteiger partial charge in [0, 0.05) is 18.0 Å². The van der Waals surface area contributed by atoms with Crippen molar-refractivity contribution in [2.75, 3.05) is 39.8 Å². The van der Waals surface area contributed by atoms with Gasteiger partial charge in [0.2, 0.25) is 0 Å². The number of rotatable bonds is 9. The monoisotopic (exact) mass is 551 g/mol. The first-order valence-corrected chi connectivity index (χ1v) is 13.6. The van der Waals surface area contributed by atoms with Crippen molar-refractivity contribution in [3.05, 3.63) is 81.3 Å². The lowest BCUT2D eigenvalue weighted by molar-refractivity contribution is -0.141. The van der Waals surface area contributed by atoms with Crippen molar-refractivity contribution >= 4 is 45.9 Å². The quantitative estimate of drug-likeness (QED) is 0.292. The predicted octanol–water partition coefficient (Wildman–Crippen LogP) is 6.29. The highest BCUT2D eigenvalue weighted by Crippen LogP contribution is 2.30. The molecular formula is C30H31Cl2N3O3. The lowest BCUT2D eigenvalue weighted by atomic mass is 9.93. The minimum Gasteiger partial charge on any atom is -0.468 e. The number of nitrogens with zero attached hydrogens (tertiary/aromatic N) is 3. The first kappa shape index (κ1) is 27.9. The molecule has 1 amide bonds. The van der Waals surface area contributed by atoms with E-state index in [2.05, 4.69) is 11.0 Å². The highest BCUT2D eigenvalue weighted by Gasteiger charge is 2.26. The topological polar surface area (TPSA) is 73.6 Å². The third-order valence-electron chi connectivity index (χ3n) is 7.15. The van der Waals surface area contributed by atoms with Crippen molar-refractivity contribution in [3.8, 4) is 6.07 Å². The molecule has 38 heavy (non-hydrogen) atoms. The molecule has 0 radical (unpaired) electrons. The Morgan fingerprint density at radius 2 is 1.82 bits per heavy atom. The van der Waals surface area contributed by atoms with Gasteiger partial charge >= 0.3 is 5.97 Å². The van der Waals surface area contributed by atoms with Gasteiger partial charge in [0.15, 0.2) is 0 Å². The van der Waals surface area contributed by atoms with Crippen molar-refractivity contribution in [3.63, 3.8) is 0 Å². The number of halogens is 2. The van der Waals surface area contributed by atoms with E-state index in [4.69, 9.17) is 27.9 Å². The number of esters is 1. The van der Waals surface area contributed by atoms with Gasteiger partial charge in [-0.3, -0.25) is 9.59 Å². The van der Waals surface area contributed by atoms with Crippen LogP contribution in [0.25, 0.3) is 10.8 Å². The second-order valence-corrected chi connectivity index (χ2v) is 10.5. The number of fused-ring (bicyclic) bond motifs is 1. The van der Waals surface area contributed by atoms with Gasteiger partial charge < -0.3 is 14.5 Å². The molecule has 198 valence electrons. The summed E-state index contributed by atoms with van der Waals surface area (Å²) in [6, 6.07) is 18.5. The summed E-state index contributed by atoms with van der Waals surface area (Å²) in [5.41, 5.74) is 1.72. The molecule has 0 spiro atoms. The van der Waals surface area contributed by atoms with Crippen molar-refractivity contribution < 1.29 is 14.3 Å². The minimum atomic E-state index is -0.511. The molecule has 1 saturated heterocycles. The summed E-state index contributed by atoms with van der Waals surface area (Å²) in [6.07, 6.45) is 4.41. The van der Waals surface area contributed by atoms with E-state index in [1.54, 1.807) is 18.2 Å². The Hall–Kier alpha value is -3.11.